The van der Waals surface area contributed by atoms with Crippen molar-refractivity contribution in [2.24, 2.45) is 0 Å². The molecule has 1 aliphatic rings. The van der Waals surface area contributed by atoms with E-state index in [1.54, 1.807) is 0 Å². The molecule has 1 N–H and O–H groups in total. The lowest BCUT2D eigenvalue weighted by Gasteiger charge is -2.28. The fourth-order valence-corrected chi connectivity index (χ4v) is 2.34. The number of ether oxygens (including phenoxy) is 1. The molecule has 0 amide bonds. The number of para-hydroxylation sites is 1. The zero-order chi connectivity index (χ0) is 13.0. The predicted octanol–water partition coefficient (Wildman–Crippen LogP) is 2.41. The summed E-state index contributed by atoms with van der Waals surface area (Å²) in [6.45, 7) is 7.02. The molecule has 1 atom stereocenters. The van der Waals surface area contributed by atoms with Crippen LogP contribution in [0.5, 0.6) is 0 Å². The molecule has 0 spiro atoms. The Morgan fingerprint density at radius 1 is 1.39 bits per heavy atom. The van der Waals surface area contributed by atoms with Gasteiger partial charge >= 0.3 is 0 Å². The van der Waals surface area contributed by atoms with Crippen LogP contribution in [0, 0.1) is 0 Å². The molecule has 18 heavy (non-hydrogen) atoms. The second kappa shape index (κ2) is 6.21. The average molecular weight is 248 g/mol. The first-order valence-electron chi connectivity index (χ1n) is 6.80. The van der Waals surface area contributed by atoms with Crippen LogP contribution >= 0.6 is 0 Å². The average Bonchev–Trinajstić information content (AvgIpc) is 2.89. The number of anilines is 1. The number of hydrogen-bond donors (Lipinski definition) is 1. The lowest BCUT2D eigenvalue weighted by molar-refractivity contribution is 0.193. The summed E-state index contributed by atoms with van der Waals surface area (Å²) >= 11 is 0. The molecule has 1 unspecified atom stereocenters. The second-order valence-corrected chi connectivity index (χ2v) is 5.29. The van der Waals surface area contributed by atoms with Crippen molar-refractivity contribution in [2.75, 3.05) is 25.2 Å². The zero-order valence-electron chi connectivity index (χ0n) is 11.6. The van der Waals surface area contributed by atoms with Gasteiger partial charge in [-0.15, -0.1) is 0 Å². The highest BCUT2D eigenvalue weighted by Gasteiger charge is 2.21. The van der Waals surface area contributed by atoms with E-state index < -0.39 is 0 Å². The monoisotopic (exact) mass is 248 g/mol. The van der Waals surface area contributed by atoms with Crippen molar-refractivity contribution in [3.05, 3.63) is 29.8 Å². The highest BCUT2D eigenvalue weighted by atomic mass is 16.5. The van der Waals surface area contributed by atoms with Crippen LogP contribution in [0.15, 0.2) is 24.3 Å². The van der Waals surface area contributed by atoms with Gasteiger partial charge in [0.25, 0.3) is 0 Å². The Morgan fingerprint density at radius 3 is 2.83 bits per heavy atom. The Morgan fingerprint density at radius 2 is 2.17 bits per heavy atom. The fraction of sp³-hybridized carbons (Fsp3) is 0.600. The summed E-state index contributed by atoms with van der Waals surface area (Å²) in [6.07, 6.45) is 1.13. The van der Waals surface area contributed by atoms with Crippen molar-refractivity contribution in [3.63, 3.8) is 0 Å². The zero-order valence-corrected chi connectivity index (χ0v) is 11.6. The largest absolute Gasteiger partial charge is 0.379 e. The van der Waals surface area contributed by atoms with Crippen molar-refractivity contribution in [1.29, 1.82) is 0 Å². The van der Waals surface area contributed by atoms with E-state index in [9.17, 15) is 0 Å². The molecular formula is C15H24N2O. The third-order valence-corrected chi connectivity index (χ3v) is 3.53. The highest BCUT2D eigenvalue weighted by Crippen LogP contribution is 2.24. The van der Waals surface area contributed by atoms with Gasteiger partial charge in [-0.3, -0.25) is 0 Å². The minimum absolute atomic E-state index is 0.512. The number of hydrogen-bond acceptors (Lipinski definition) is 3. The fourth-order valence-electron chi connectivity index (χ4n) is 2.34. The van der Waals surface area contributed by atoms with Crippen LogP contribution in [0.1, 0.15) is 25.8 Å². The smallest absolute Gasteiger partial charge is 0.0670 e. The van der Waals surface area contributed by atoms with Crippen LogP contribution in [0.4, 0.5) is 5.69 Å². The Bertz CT molecular complexity index is 373. The van der Waals surface area contributed by atoms with Crippen LogP contribution in [-0.2, 0) is 11.3 Å². The third kappa shape index (κ3) is 3.24. The topological polar surface area (TPSA) is 24.5 Å². The van der Waals surface area contributed by atoms with Crippen molar-refractivity contribution < 1.29 is 4.74 Å². The summed E-state index contributed by atoms with van der Waals surface area (Å²) in [6, 6.07) is 9.66. The summed E-state index contributed by atoms with van der Waals surface area (Å²) in [4.78, 5) is 2.37. The maximum absolute atomic E-state index is 5.48. The van der Waals surface area contributed by atoms with Gasteiger partial charge in [0.15, 0.2) is 0 Å². The molecule has 3 heteroatoms. The van der Waals surface area contributed by atoms with E-state index >= 15 is 0 Å². The molecule has 0 aliphatic carbocycles. The van der Waals surface area contributed by atoms with Gasteiger partial charge in [0.1, 0.15) is 0 Å². The van der Waals surface area contributed by atoms with E-state index in [4.69, 9.17) is 4.74 Å². The molecule has 0 aromatic heterocycles. The molecule has 1 aromatic rings. The molecule has 3 nitrogen and oxygen atoms in total. The van der Waals surface area contributed by atoms with E-state index in [1.165, 1.54) is 11.3 Å². The van der Waals surface area contributed by atoms with Crippen molar-refractivity contribution in [1.82, 2.24) is 5.32 Å². The number of nitrogens with one attached hydrogen (secondary N) is 1. The van der Waals surface area contributed by atoms with Gasteiger partial charge in [-0.05, 0) is 18.1 Å². The van der Waals surface area contributed by atoms with Crippen molar-refractivity contribution >= 4 is 5.69 Å². The molecular weight excluding hydrogens is 224 g/mol. The normalized spacial score (nSPS) is 19.4. The Labute approximate surface area is 110 Å². The van der Waals surface area contributed by atoms with Crippen LogP contribution in [0.3, 0.4) is 0 Å². The summed E-state index contributed by atoms with van der Waals surface area (Å²) in [5.41, 5.74) is 2.68. The first-order chi connectivity index (χ1) is 8.68. The summed E-state index contributed by atoms with van der Waals surface area (Å²) in [5, 5.41) is 3.49. The third-order valence-electron chi connectivity index (χ3n) is 3.53. The molecule has 1 heterocycles. The molecule has 1 aromatic carbocycles. The van der Waals surface area contributed by atoms with Gasteiger partial charge in [-0.25, -0.2) is 0 Å². The molecule has 2 rings (SSSR count). The molecule has 0 bridgehead atoms. The molecule has 1 aliphatic heterocycles. The SMILES string of the molecule is CC(C)NCc1ccccc1N(C)C1CCOC1. The number of nitrogens with zero attached hydrogens (tertiary/aromatic N) is 1. The van der Waals surface area contributed by atoms with Crippen molar-refractivity contribution in [2.45, 2.75) is 38.9 Å². The molecule has 1 saturated heterocycles. The van der Waals surface area contributed by atoms with Crippen LogP contribution in [0.25, 0.3) is 0 Å². The maximum Gasteiger partial charge on any atom is 0.0670 e. The van der Waals surface area contributed by atoms with Crippen LogP contribution < -0.4 is 10.2 Å². The van der Waals surface area contributed by atoms with E-state index in [2.05, 4.69) is 55.4 Å². The lowest BCUT2D eigenvalue weighted by Crippen LogP contribution is -2.33. The van der Waals surface area contributed by atoms with E-state index in [0.717, 1.165) is 26.2 Å². The van der Waals surface area contributed by atoms with E-state index in [0.29, 0.717) is 12.1 Å². The second-order valence-electron chi connectivity index (χ2n) is 5.29. The summed E-state index contributed by atoms with van der Waals surface area (Å²) < 4.78 is 5.48. The molecule has 0 radical (unpaired) electrons. The van der Waals surface area contributed by atoms with Crippen molar-refractivity contribution in [3.8, 4) is 0 Å². The minimum atomic E-state index is 0.512. The molecule has 100 valence electrons. The number of rotatable bonds is 5. The number of likely N-dealkylation sites (N-methyl/N-ethyl adjacent to an activating group) is 1. The van der Waals surface area contributed by atoms with Gasteiger partial charge in [0, 0.05) is 31.9 Å². The first-order valence-corrected chi connectivity index (χ1v) is 6.80. The van der Waals surface area contributed by atoms with Gasteiger partial charge < -0.3 is 15.0 Å². The van der Waals surface area contributed by atoms with E-state index in [1.807, 2.05) is 0 Å². The maximum atomic E-state index is 5.48. The Kier molecular flexibility index (Phi) is 4.61. The van der Waals surface area contributed by atoms with Gasteiger partial charge in [-0.1, -0.05) is 32.0 Å². The standard InChI is InChI=1S/C15H24N2O/c1-12(2)16-10-13-6-4-5-7-15(13)17(3)14-8-9-18-11-14/h4-7,12,14,16H,8-11H2,1-3H3. The van der Waals surface area contributed by atoms with Gasteiger partial charge in [-0.2, -0.15) is 0 Å². The highest BCUT2D eigenvalue weighted by molar-refractivity contribution is 5.54. The van der Waals surface area contributed by atoms with E-state index in [-0.39, 0.29) is 0 Å². The summed E-state index contributed by atoms with van der Waals surface area (Å²) in [7, 11) is 2.17. The Balaban J connectivity index is 2.10. The first kappa shape index (κ1) is 13.4. The quantitative estimate of drug-likeness (QED) is 0.866. The van der Waals surface area contributed by atoms with Gasteiger partial charge in [0.2, 0.25) is 0 Å². The minimum Gasteiger partial charge on any atom is -0.379 e. The Hall–Kier alpha value is -1.06. The predicted molar refractivity (Wildman–Crippen MR) is 76.0 cm³/mol. The number of benzene rings is 1. The van der Waals surface area contributed by atoms with Gasteiger partial charge in [0.05, 0.1) is 12.6 Å². The van der Waals surface area contributed by atoms with Crippen LogP contribution in [-0.4, -0.2) is 32.3 Å². The molecule has 0 saturated carbocycles. The van der Waals surface area contributed by atoms with Crippen LogP contribution in [0.2, 0.25) is 0 Å². The summed E-state index contributed by atoms with van der Waals surface area (Å²) in [5.74, 6) is 0. The lowest BCUT2D eigenvalue weighted by atomic mass is 10.1. The molecule has 1 fully saturated rings.